The molecule has 0 saturated heterocycles. The summed E-state index contributed by atoms with van der Waals surface area (Å²) in [5, 5.41) is 9.25. The first kappa shape index (κ1) is 11.6. The van der Waals surface area contributed by atoms with Crippen molar-refractivity contribution >= 4 is 5.69 Å². The van der Waals surface area contributed by atoms with Crippen LogP contribution in [-0.2, 0) is 12.8 Å². The van der Waals surface area contributed by atoms with Crippen LogP contribution in [0.1, 0.15) is 48.8 Å². The van der Waals surface area contributed by atoms with Crippen LogP contribution in [0.3, 0.4) is 0 Å². The van der Waals surface area contributed by atoms with Crippen LogP contribution in [0.4, 0.5) is 5.69 Å². The molecule has 3 rings (SSSR count). The predicted octanol–water partition coefficient (Wildman–Crippen LogP) is 3.40. The Morgan fingerprint density at radius 2 is 1.83 bits per heavy atom. The van der Waals surface area contributed by atoms with E-state index in [4.69, 9.17) is 0 Å². The number of hydrogen-bond acceptors (Lipinski definition) is 2. The second-order valence-corrected chi connectivity index (χ2v) is 5.47. The van der Waals surface area contributed by atoms with Crippen molar-refractivity contribution in [2.45, 2.75) is 44.9 Å². The zero-order valence-corrected chi connectivity index (χ0v) is 11.1. The van der Waals surface area contributed by atoms with Gasteiger partial charge in [-0.1, -0.05) is 19.1 Å². The first-order valence-corrected chi connectivity index (χ1v) is 7.13. The second kappa shape index (κ2) is 4.65. The number of aryl methyl sites for hydroxylation is 2. The number of benzene rings is 1. The zero-order chi connectivity index (χ0) is 12.5. The van der Waals surface area contributed by atoms with Gasteiger partial charge in [-0.15, -0.1) is 0 Å². The third kappa shape index (κ3) is 1.79. The molecule has 94 valence electrons. The Labute approximate surface area is 109 Å². The highest BCUT2D eigenvalue weighted by atomic mass is 15.1. The lowest BCUT2D eigenvalue weighted by Crippen LogP contribution is -2.34. The largest absolute Gasteiger partial charge is 0.371 e. The molecule has 0 bridgehead atoms. The maximum atomic E-state index is 9.25. The molecule has 0 N–H and O–H groups in total. The molecule has 2 nitrogen and oxygen atoms in total. The van der Waals surface area contributed by atoms with Crippen molar-refractivity contribution in [3.05, 3.63) is 28.8 Å². The maximum absolute atomic E-state index is 9.25. The van der Waals surface area contributed by atoms with E-state index < -0.39 is 0 Å². The van der Waals surface area contributed by atoms with E-state index in [2.05, 4.69) is 30.0 Å². The van der Waals surface area contributed by atoms with Gasteiger partial charge in [-0.2, -0.15) is 5.26 Å². The highest BCUT2D eigenvalue weighted by molar-refractivity contribution is 5.64. The summed E-state index contributed by atoms with van der Waals surface area (Å²) in [5.41, 5.74) is 5.73. The number of nitrogens with zero attached hydrogens (tertiary/aromatic N) is 2. The Balaban J connectivity index is 2.09. The van der Waals surface area contributed by atoms with E-state index in [-0.39, 0.29) is 5.92 Å². The van der Waals surface area contributed by atoms with E-state index in [0.717, 1.165) is 6.42 Å². The minimum absolute atomic E-state index is 0.0730. The number of hydrogen-bond donors (Lipinski definition) is 0. The Hall–Kier alpha value is -1.49. The molecule has 2 heterocycles. The van der Waals surface area contributed by atoms with Gasteiger partial charge in [0.15, 0.2) is 0 Å². The number of nitriles is 1. The van der Waals surface area contributed by atoms with Crippen molar-refractivity contribution in [2.24, 2.45) is 0 Å². The molecule has 0 saturated carbocycles. The summed E-state index contributed by atoms with van der Waals surface area (Å²) in [6.45, 7) is 4.54. The summed E-state index contributed by atoms with van der Waals surface area (Å²) in [7, 11) is 0. The van der Waals surface area contributed by atoms with Gasteiger partial charge < -0.3 is 4.90 Å². The molecular formula is C16H20N2. The highest BCUT2D eigenvalue weighted by Crippen LogP contribution is 2.37. The Bertz CT molecular complexity index is 467. The monoisotopic (exact) mass is 240 g/mol. The lowest BCUT2D eigenvalue weighted by molar-refractivity contribution is 0.631. The molecule has 0 aromatic heterocycles. The van der Waals surface area contributed by atoms with Gasteiger partial charge in [0.05, 0.1) is 12.0 Å². The standard InChI is InChI=1S/C16H20N2/c1-2-12(11-17)15-9-13-5-3-7-18-8-4-6-14(10-15)16(13)18/h9-10,12H,2-8H2,1H3. The SMILES string of the molecule is CCC(C#N)c1cc2c3c(c1)CCCN3CCC2. The molecule has 0 radical (unpaired) electrons. The first-order valence-electron chi connectivity index (χ1n) is 7.13. The molecule has 0 fully saturated rings. The molecule has 2 aliphatic heterocycles. The van der Waals surface area contributed by atoms with Crippen LogP contribution >= 0.6 is 0 Å². The number of anilines is 1. The molecule has 0 amide bonds. The topological polar surface area (TPSA) is 27.0 Å². The molecule has 0 aliphatic carbocycles. The summed E-state index contributed by atoms with van der Waals surface area (Å²) in [4.78, 5) is 2.55. The Morgan fingerprint density at radius 3 is 2.33 bits per heavy atom. The highest BCUT2D eigenvalue weighted by Gasteiger charge is 2.25. The Morgan fingerprint density at radius 1 is 1.22 bits per heavy atom. The third-order valence-electron chi connectivity index (χ3n) is 4.32. The van der Waals surface area contributed by atoms with Crippen molar-refractivity contribution in [3.63, 3.8) is 0 Å². The van der Waals surface area contributed by atoms with E-state index in [1.54, 1.807) is 0 Å². The summed E-state index contributed by atoms with van der Waals surface area (Å²) >= 11 is 0. The van der Waals surface area contributed by atoms with Crippen molar-refractivity contribution in [1.29, 1.82) is 5.26 Å². The molecule has 2 heteroatoms. The van der Waals surface area contributed by atoms with Crippen molar-refractivity contribution in [3.8, 4) is 6.07 Å². The van der Waals surface area contributed by atoms with Gasteiger partial charge in [0.1, 0.15) is 0 Å². The van der Waals surface area contributed by atoms with Crippen LogP contribution < -0.4 is 4.90 Å². The van der Waals surface area contributed by atoms with E-state index in [1.807, 2.05) is 0 Å². The molecule has 1 aromatic rings. The summed E-state index contributed by atoms with van der Waals surface area (Å²) < 4.78 is 0. The average molecular weight is 240 g/mol. The molecular weight excluding hydrogens is 220 g/mol. The molecule has 1 aromatic carbocycles. The fourth-order valence-corrected chi connectivity index (χ4v) is 3.43. The van der Waals surface area contributed by atoms with Crippen molar-refractivity contribution < 1.29 is 0 Å². The third-order valence-corrected chi connectivity index (χ3v) is 4.32. The minimum Gasteiger partial charge on any atom is -0.371 e. The average Bonchev–Trinajstić information content (AvgIpc) is 2.41. The van der Waals surface area contributed by atoms with Crippen LogP contribution in [0.15, 0.2) is 12.1 Å². The maximum Gasteiger partial charge on any atom is 0.0710 e. The molecule has 2 aliphatic rings. The molecule has 18 heavy (non-hydrogen) atoms. The van der Waals surface area contributed by atoms with E-state index >= 15 is 0 Å². The summed E-state index contributed by atoms with van der Waals surface area (Å²) in [6.07, 6.45) is 5.82. The van der Waals surface area contributed by atoms with E-state index in [9.17, 15) is 5.26 Å². The quantitative estimate of drug-likeness (QED) is 0.792. The number of rotatable bonds is 2. The molecule has 1 atom stereocenters. The predicted molar refractivity (Wildman–Crippen MR) is 73.9 cm³/mol. The second-order valence-electron chi connectivity index (χ2n) is 5.47. The first-order chi connectivity index (χ1) is 8.83. The molecule has 1 unspecified atom stereocenters. The van der Waals surface area contributed by atoms with Gasteiger partial charge in [-0.3, -0.25) is 0 Å². The van der Waals surface area contributed by atoms with Gasteiger partial charge in [-0.25, -0.2) is 0 Å². The smallest absolute Gasteiger partial charge is 0.0710 e. The van der Waals surface area contributed by atoms with E-state index in [1.165, 1.54) is 61.2 Å². The summed E-state index contributed by atoms with van der Waals surface area (Å²) in [6, 6.07) is 7.04. The minimum atomic E-state index is 0.0730. The van der Waals surface area contributed by atoms with Gasteiger partial charge in [-0.05, 0) is 48.8 Å². The summed E-state index contributed by atoms with van der Waals surface area (Å²) in [5.74, 6) is 0.0730. The Kier molecular flexibility index (Phi) is 2.99. The fraction of sp³-hybridized carbons (Fsp3) is 0.562. The van der Waals surface area contributed by atoms with Crippen LogP contribution in [0, 0.1) is 11.3 Å². The van der Waals surface area contributed by atoms with E-state index in [0.29, 0.717) is 0 Å². The van der Waals surface area contributed by atoms with Crippen molar-refractivity contribution in [1.82, 2.24) is 0 Å². The van der Waals surface area contributed by atoms with Crippen molar-refractivity contribution in [2.75, 3.05) is 18.0 Å². The lowest BCUT2D eigenvalue weighted by Gasteiger charge is -2.37. The van der Waals surface area contributed by atoms with Crippen LogP contribution in [0.25, 0.3) is 0 Å². The van der Waals surface area contributed by atoms with Crippen LogP contribution in [0.5, 0.6) is 0 Å². The fourth-order valence-electron chi connectivity index (χ4n) is 3.43. The van der Waals surface area contributed by atoms with Gasteiger partial charge in [0, 0.05) is 18.8 Å². The van der Waals surface area contributed by atoms with Gasteiger partial charge >= 0.3 is 0 Å². The van der Waals surface area contributed by atoms with Crippen LogP contribution in [0.2, 0.25) is 0 Å². The van der Waals surface area contributed by atoms with Crippen LogP contribution in [-0.4, -0.2) is 13.1 Å². The zero-order valence-electron chi connectivity index (χ0n) is 11.1. The normalized spacial score (nSPS) is 19.0. The van der Waals surface area contributed by atoms with Gasteiger partial charge in [0.25, 0.3) is 0 Å². The van der Waals surface area contributed by atoms with Gasteiger partial charge in [0.2, 0.25) is 0 Å². The lowest BCUT2D eigenvalue weighted by atomic mass is 9.86. The molecule has 0 spiro atoms.